The lowest BCUT2D eigenvalue weighted by Crippen LogP contribution is -2.43. The minimum absolute atomic E-state index is 0.692. The van der Waals surface area contributed by atoms with Crippen molar-refractivity contribution < 1.29 is 4.43 Å². The van der Waals surface area contributed by atoms with E-state index in [-0.39, 0.29) is 0 Å². The van der Waals surface area contributed by atoms with E-state index in [0.717, 1.165) is 23.7 Å². The molecular formula is C10H16BrNOSi. The third kappa shape index (κ3) is 2.69. The fourth-order valence-electron chi connectivity index (χ4n) is 1.62. The number of nitrogens with zero attached hydrogens (tertiary/aromatic N) is 1. The first-order valence-corrected chi connectivity index (χ1v) is 9.07. The van der Waals surface area contributed by atoms with Crippen LogP contribution in [0.25, 0.3) is 0 Å². The Morgan fingerprint density at radius 1 is 1.57 bits per heavy atom. The lowest BCUT2D eigenvalue weighted by Gasteiger charge is -2.35. The van der Waals surface area contributed by atoms with E-state index in [4.69, 9.17) is 4.43 Å². The van der Waals surface area contributed by atoms with E-state index in [1.165, 1.54) is 0 Å². The zero-order chi connectivity index (χ0) is 10.8. The molecule has 1 aliphatic carbocycles. The molecule has 0 amide bonds. The first-order chi connectivity index (χ1) is 6.40. The molecular weight excluding hydrogens is 258 g/mol. The molecule has 1 atom stereocenters. The van der Waals surface area contributed by atoms with Crippen LogP contribution in [0.2, 0.25) is 19.6 Å². The molecule has 0 spiro atoms. The minimum atomic E-state index is -1.67. The number of hydrogen-bond donors (Lipinski definition) is 0. The van der Waals surface area contributed by atoms with Crippen molar-refractivity contribution in [2.75, 3.05) is 0 Å². The van der Waals surface area contributed by atoms with Crippen molar-refractivity contribution in [2.45, 2.75) is 44.5 Å². The van der Waals surface area contributed by atoms with Crippen molar-refractivity contribution in [3.63, 3.8) is 0 Å². The number of rotatable bonds is 2. The number of nitriles is 1. The normalized spacial score (nSPS) is 28.1. The van der Waals surface area contributed by atoms with E-state index >= 15 is 0 Å². The van der Waals surface area contributed by atoms with Crippen LogP contribution in [0.5, 0.6) is 0 Å². The molecule has 0 heterocycles. The highest BCUT2D eigenvalue weighted by molar-refractivity contribution is 9.11. The summed E-state index contributed by atoms with van der Waals surface area (Å²) in [4.78, 5) is 0. The van der Waals surface area contributed by atoms with Crippen LogP contribution in [0.1, 0.15) is 19.3 Å². The van der Waals surface area contributed by atoms with Gasteiger partial charge in [-0.1, -0.05) is 22.0 Å². The summed E-state index contributed by atoms with van der Waals surface area (Å²) >= 11 is 3.46. The minimum Gasteiger partial charge on any atom is -0.396 e. The van der Waals surface area contributed by atoms with Crippen molar-refractivity contribution in [2.24, 2.45) is 0 Å². The second-order valence-corrected chi connectivity index (χ2v) is 9.88. The molecule has 0 bridgehead atoms. The van der Waals surface area contributed by atoms with Gasteiger partial charge in [-0.15, -0.1) is 0 Å². The molecule has 0 aliphatic heterocycles. The average molecular weight is 274 g/mol. The van der Waals surface area contributed by atoms with Crippen LogP contribution in [0, 0.1) is 11.3 Å². The highest BCUT2D eigenvalue weighted by atomic mass is 79.9. The molecule has 0 aromatic carbocycles. The maximum atomic E-state index is 9.25. The number of halogens is 1. The molecule has 0 aromatic rings. The second-order valence-electron chi connectivity index (χ2n) is 4.60. The quantitative estimate of drug-likeness (QED) is 0.721. The molecule has 0 radical (unpaired) electrons. The van der Waals surface area contributed by atoms with Gasteiger partial charge in [-0.3, -0.25) is 0 Å². The summed E-state index contributed by atoms with van der Waals surface area (Å²) in [5, 5.41) is 9.25. The lowest BCUT2D eigenvalue weighted by atomic mass is 9.93. The van der Waals surface area contributed by atoms with Gasteiger partial charge in [0.1, 0.15) is 6.07 Å². The molecule has 0 saturated carbocycles. The Labute approximate surface area is 95.2 Å². The highest BCUT2D eigenvalue weighted by Crippen LogP contribution is 2.37. The highest BCUT2D eigenvalue weighted by Gasteiger charge is 2.39. The first kappa shape index (κ1) is 12.0. The van der Waals surface area contributed by atoms with Crippen molar-refractivity contribution >= 4 is 24.2 Å². The number of allylic oxidation sites excluding steroid dienone is 1. The van der Waals surface area contributed by atoms with Gasteiger partial charge >= 0.3 is 0 Å². The van der Waals surface area contributed by atoms with Crippen LogP contribution in [0.15, 0.2) is 10.6 Å². The summed E-state index contributed by atoms with van der Waals surface area (Å²) in [6.45, 7) is 6.34. The van der Waals surface area contributed by atoms with Crippen molar-refractivity contribution in [3.05, 3.63) is 10.6 Å². The molecule has 0 fully saturated rings. The van der Waals surface area contributed by atoms with E-state index in [2.05, 4.69) is 47.7 Å². The van der Waals surface area contributed by atoms with Gasteiger partial charge in [0.05, 0.1) is 0 Å². The Hall–Kier alpha value is -0.113. The Bertz CT molecular complexity index is 289. The second kappa shape index (κ2) is 4.17. The van der Waals surface area contributed by atoms with Crippen molar-refractivity contribution in [3.8, 4) is 6.07 Å². The summed E-state index contributed by atoms with van der Waals surface area (Å²) in [7, 11) is -1.67. The molecule has 78 valence electrons. The van der Waals surface area contributed by atoms with Crippen LogP contribution in [-0.2, 0) is 4.43 Å². The maximum absolute atomic E-state index is 9.25. The van der Waals surface area contributed by atoms with Crippen LogP contribution in [0.4, 0.5) is 0 Å². The molecule has 1 rings (SSSR count). The van der Waals surface area contributed by atoms with Gasteiger partial charge in [0.15, 0.2) is 13.9 Å². The SMILES string of the molecule is C[Si](C)(C)O[C@@]1(C#N)CCCC=C1Br. The lowest BCUT2D eigenvalue weighted by molar-refractivity contribution is 0.149. The summed E-state index contributed by atoms with van der Waals surface area (Å²) in [5.41, 5.74) is -0.692. The van der Waals surface area contributed by atoms with E-state index < -0.39 is 13.9 Å². The van der Waals surface area contributed by atoms with Crippen LogP contribution < -0.4 is 0 Å². The van der Waals surface area contributed by atoms with Gasteiger partial charge in [-0.05, 0) is 38.9 Å². The monoisotopic (exact) mass is 273 g/mol. The Balaban J connectivity index is 2.93. The molecule has 1 aliphatic rings. The first-order valence-electron chi connectivity index (χ1n) is 4.87. The largest absolute Gasteiger partial charge is 0.396 e. The Morgan fingerprint density at radius 3 is 2.64 bits per heavy atom. The zero-order valence-electron chi connectivity index (χ0n) is 8.93. The maximum Gasteiger partial charge on any atom is 0.186 e. The van der Waals surface area contributed by atoms with E-state index in [9.17, 15) is 5.26 Å². The van der Waals surface area contributed by atoms with E-state index in [0.29, 0.717) is 0 Å². The number of hydrogen-bond acceptors (Lipinski definition) is 2. The summed E-state index contributed by atoms with van der Waals surface area (Å²) < 4.78 is 6.91. The summed E-state index contributed by atoms with van der Waals surface area (Å²) in [6, 6.07) is 2.32. The summed E-state index contributed by atoms with van der Waals surface area (Å²) in [6.07, 6.45) is 4.95. The van der Waals surface area contributed by atoms with Gasteiger partial charge < -0.3 is 4.43 Å². The molecule has 4 heteroatoms. The zero-order valence-corrected chi connectivity index (χ0v) is 11.5. The molecule has 0 N–H and O–H groups in total. The van der Waals surface area contributed by atoms with Crippen molar-refractivity contribution in [1.82, 2.24) is 0 Å². The predicted molar refractivity (Wildman–Crippen MR) is 63.6 cm³/mol. The van der Waals surface area contributed by atoms with Crippen LogP contribution in [0.3, 0.4) is 0 Å². The summed E-state index contributed by atoms with van der Waals surface area (Å²) in [5.74, 6) is 0. The average Bonchev–Trinajstić information content (AvgIpc) is 2.07. The topological polar surface area (TPSA) is 33.0 Å². The van der Waals surface area contributed by atoms with Gasteiger partial charge in [-0.2, -0.15) is 5.26 Å². The Morgan fingerprint density at radius 2 is 2.21 bits per heavy atom. The molecule has 0 aromatic heterocycles. The predicted octanol–water partition coefficient (Wildman–Crippen LogP) is 3.56. The van der Waals surface area contributed by atoms with Gasteiger partial charge in [0, 0.05) is 4.48 Å². The third-order valence-corrected chi connectivity index (χ3v) is 4.03. The van der Waals surface area contributed by atoms with Crippen LogP contribution >= 0.6 is 15.9 Å². The third-order valence-electron chi connectivity index (χ3n) is 2.10. The fourth-order valence-corrected chi connectivity index (χ4v) is 3.67. The smallest absolute Gasteiger partial charge is 0.186 e. The van der Waals surface area contributed by atoms with Gasteiger partial charge in [0.2, 0.25) is 0 Å². The molecule has 14 heavy (non-hydrogen) atoms. The van der Waals surface area contributed by atoms with Crippen LogP contribution in [-0.4, -0.2) is 13.9 Å². The molecule has 0 unspecified atom stereocenters. The van der Waals surface area contributed by atoms with Gasteiger partial charge in [-0.25, -0.2) is 0 Å². The molecule has 2 nitrogen and oxygen atoms in total. The van der Waals surface area contributed by atoms with E-state index in [1.54, 1.807) is 0 Å². The van der Waals surface area contributed by atoms with Crippen molar-refractivity contribution in [1.29, 1.82) is 5.26 Å². The standard InChI is InChI=1S/C10H16BrNOSi/c1-14(2,3)13-10(8-12)7-5-4-6-9(10)11/h6H,4-5,7H2,1-3H3/t10-/m1/s1. The van der Waals surface area contributed by atoms with E-state index in [1.807, 2.05) is 0 Å². The fraction of sp³-hybridized carbons (Fsp3) is 0.700. The van der Waals surface area contributed by atoms with Gasteiger partial charge in [0.25, 0.3) is 0 Å². The molecule has 0 saturated heterocycles. The Kier molecular flexibility index (Phi) is 3.57.